The van der Waals surface area contributed by atoms with Gasteiger partial charge in [-0.3, -0.25) is 9.59 Å². The number of amides is 2. The van der Waals surface area contributed by atoms with Crippen molar-refractivity contribution in [1.29, 1.82) is 0 Å². The van der Waals surface area contributed by atoms with E-state index in [2.05, 4.69) is 5.32 Å². The lowest BCUT2D eigenvalue weighted by Crippen LogP contribution is -2.34. The lowest BCUT2D eigenvalue weighted by Gasteiger charge is -2.09. The van der Waals surface area contributed by atoms with Crippen LogP contribution in [0.1, 0.15) is 15.9 Å². The molecule has 0 aliphatic heterocycles. The molecule has 138 valence electrons. The van der Waals surface area contributed by atoms with Gasteiger partial charge in [0.15, 0.2) is 0 Å². The maximum Gasteiger partial charge on any atom is 0.405 e. The number of nitrogens with one attached hydrogen (secondary N) is 2. The SMILES string of the molecule is COc1cccc(C(=O)Nc2ccc(CC(=O)NCC(F)(F)F)cc2)c1. The van der Waals surface area contributed by atoms with E-state index in [4.69, 9.17) is 4.74 Å². The van der Waals surface area contributed by atoms with Crippen molar-refractivity contribution < 1.29 is 27.5 Å². The highest BCUT2D eigenvalue weighted by Crippen LogP contribution is 2.16. The first-order valence-electron chi connectivity index (χ1n) is 7.64. The van der Waals surface area contributed by atoms with Crippen LogP contribution < -0.4 is 15.4 Å². The number of carbonyl (C=O) groups is 2. The Kier molecular flexibility index (Phi) is 6.21. The Labute approximate surface area is 148 Å². The molecule has 0 spiro atoms. The zero-order valence-corrected chi connectivity index (χ0v) is 13.9. The third kappa shape index (κ3) is 6.12. The van der Waals surface area contributed by atoms with Crippen molar-refractivity contribution in [2.45, 2.75) is 12.6 Å². The highest BCUT2D eigenvalue weighted by atomic mass is 19.4. The quantitative estimate of drug-likeness (QED) is 0.825. The van der Waals surface area contributed by atoms with Crippen LogP contribution in [0.5, 0.6) is 5.75 Å². The minimum Gasteiger partial charge on any atom is -0.497 e. The van der Waals surface area contributed by atoms with Gasteiger partial charge in [-0.2, -0.15) is 13.2 Å². The number of benzene rings is 2. The average Bonchev–Trinajstić information content (AvgIpc) is 2.61. The molecule has 0 atom stereocenters. The molecular formula is C18H17F3N2O3. The molecule has 0 aromatic heterocycles. The largest absolute Gasteiger partial charge is 0.497 e. The summed E-state index contributed by atoms with van der Waals surface area (Å²) >= 11 is 0. The molecule has 2 amide bonds. The van der Waals surface area contributed by atoms with Gasteiger partial charge in [-0.05, 0) is 35.9 Å². The summed E-state index contributed by atoms with van der Waals surface area (Å²) in [5.74, 6) is -0.507. The molecule has 0 saturated carbocycles. The molecule has 5 nitrogen and oxygen atoms in total. The van der Waals surface area contributed by atoms with Crippen molar-refractivity contribution in [2.24, 2.45) is 0 Å². The van der Waals surface area contributed by atoms with Crippen molar-refractivity contribution in [3.63, 3.8) is 0 Å². The fourth-order valence-corrected chi connectivity index (χ4v) is 2.12. The van der Waals surface area contributed by atoms with E-state index in [-0.39, 0.29) is 12.3 Å². The zero-order chi connectivity index (χ0) is 19.2. The van der Waals surface area contributed by atoms with Gasteiger partial charge in [0, 0.05) is 11.3 Å². The normalized spacial score (nSPS) is 10.9. The molecule has 0 unspecified atom stereocenters. The summed E-state index contributed by atoms with van der Waals surface area (Å²) in [5, 5.41) is 4.50. The Balaban J connectivity index is 1.92. The van der Waals surface area contributed by atoms with Gasteiger partial charge < -0.3 is 15.4 Å². The molecule has 0 bridgehead atoms. The molecule has 2 rings (SSSR count). The molecule has 0 aliphatic carbocycles. The summed E-state index contributed by atoms with van der Waals surface area (Å²) in [6.07, 6.45) is -4.62. The maximum absolute atomic E-state index is 12.2. The number of methoxy groups -OCH3 is 1. The molecule has 0 heterocycles. The summed E-state index contributed by atoms with van der Waals surface area (Å²) < 4.78 is 41.2. The van der Waals surface area contributed by atoms with Gasteiger partial charge in [-0.1, -0.05) is 18.2 Å². The van der Waals surface area contributed by atoms with Crippen LogP contribution in [0.25, 0.3) is 0 Å². The van der Waals surface area contributed by atoms with Gasteiger partial charge in [-0.25, -0.2) is 0 Å². The minimum atomic E-state index is -4.44. The zero-order valence-electron chi connectivity index (χ0n) is 13.9. The number of alkyl halides is 3. The summed E-state index contributed by atoms with van der Waals surface area (Å²) in [6, 6.07) is 12.9. The van der Waals surface area contributed by atoms with Crippen LogP contribution in [0.15, 0.2) is 48.5 Å². The van der Waals surface area contributed by atoms with E-state index in [1.165, 1.54) is 7.11 Å². The second-order valence-corrected chi connectivity index (χ2v) is 5.45. The molecule has 8 heteroatoms. The van der Waals surface area contributed by atoms with Crippen LogP contribution in [0.3, 0.4) is 0 Å². The lowest BCUT2D eigenvalue weighted by atomic mass is 10.1. The average molecular weight is 366 g/mol. The Bertz CT molecular complexity index is 774. The molecule has 0 saturated heterocycles. The number of rotatable bonds is 6. The standard InChI is InChI=1S/C18H17F3N2O3/c1-26-15-4-2-3-13(10-15)17(25)23-14-7-5-12(6-8-14)9-16(24)22-11-18(19,20)21/h2-8,10H,9,11H2,1H3,(H,22,24)(H,23,25). The fraction of sp³-hybridized carbons (Fsp3) is 0.222. The van der Waals surface area contributed by atoms with Gasteiger partial charge in [-0.15, -0.1) is 0 Å². The van der Waals surface area contributed by atoms with E-state index < -0.39 is 18.6 Å². The Morgan fingerprint density at radius 2 is 1.77 bits per heavy atom. The molecule has 26 heavy (non-hydrogen) atoms. The van der Waals surface area contributed by atoms with Gasteiger partial charge in [0.25, 0.3) is 5.91 Å². The number of anilines is 1. The summed E-state index contributed by atoms with van der Waals surface area (Å²) in [4.78, 5) is 23.7. The first-order chi connectivity index (χ1) is 12.3. The minimum absolute atomic E-state index is 0.180. The third-order valence-electron chi connectivity index (χ3n) is 3.39. The van der Waals surface area contributed by atoms with Crippen molar-refractivity contribution in [2.75, 3.05) is 19.0 Å². The van der Waals surface area contributed by atoms with Crippen molar-refractivity contribution in [1.82, 2.24) is 5.32 Å². The van der Waals surface area contributed by atoms with Gasteiger partial charge in [0.2, 0.25) is 5.91 Å². The van der Waals surface area contributed by atoms with Gasteiger partial charge in [0.05, 0.1) is 13.5 Å². The van der Waals surface area contributed by atoms with E-state index in [1.54, 1.807) is 53.8 Å². The van der Waals surface area contributed by atoms with Crippen LogP contribution in [-0.2, 0) is 11.2 Å². The molecule has 0 radical (unpaired) electrons. The number of ether oxygens (including phenoxy) is 1. The third-order valence-corrected chi connectivity index (χ3v) is 3.39. The van der Waals surface area contributed by atoms with E-state index in [1.807, 2.05) is 0 Å². The van der Waals surface area contributed by atoms with E-state index in [9.17, 15) is 22.8 Å². The number of hydrogen-bond donors (Lipinski definition) is 2. The first-order valence-corrected chi connectivity index (χ1v) is 7.64. The smallest absolute Gasteiger partial charge is 0.405 e. The van der Waals surface area contributed by atoms with E-state index in [0.717, 1.165) is 0 Å². The highest BCUT2D eigenvalue weighted by Gasteiger charge is 2.27. The summed E-state index contributed by atoms with van der Waals surface area (Å²) in [6.45, 7) is -1.36. The number of carbonyl (C=O) groups excluding carboxylic acids is 2. The van der Waals surface area contributed by atoms with Crippen LogP contribution in [0.2, 0.25) is 0 Å². The molecule has 0 fully saturated rings. The van der Waals surface area contributed by atoms with E-state index in [0.29, 0.717) is 22.6 Å². The summed E-state index contributed by atoms with van der Waals surface area (Å²) in [5.41, 5.74) is 1.45. The molecular weight excluding hydrogens is 349 g/mol. The molecule has 2 aromatic rings. The molecule has 2 N–H and O–H groups in total. The summed E-state index contributed by atoms with van der Waals surface area (Å²) in [7, 11) is 1.50. The predicted molar refractivity (Wildman–Crippen MR) is 90.2 cm³/mol. The van der Waals surface area contributed by atoms with E-state index >= 15 is 0 Å². The highest BCUT2D eigenvalue weighted by molar-refractivity contribution is 6.04. The topological polar surface area (TPSA) is 67.4 Å². The fourth-order valence-electron chi connectivity index (χ4n) is 2.12. The predicted octanol–water partition coefficient (Wildman–Crippen LogP) is 3.17. The Morgan fingerprint density at radius 3 is 2.38 bits per heavy atom. The van der Waals surface area contributed by atoms with Crippen LogP contribution in [-0.4, -0.2) is 31.6 Å². The number of halogens is 3. The second kappa shape index (κ2) is 8.37. The monoisotopic (exact) mass is 366 g/mol. The lowest BCUT2D eigenvalue weighted by molar-refractivity contribution is -0.138. The van der Waals surface area contributed by atoms with Gasteiger partial charge >= 0.3 is 6.18 Å². The molecule has 2 aromatic carbocycles. The number of hydrogen-bond acceptors (Lipinski definition) is 3. The second-order valence-electron chi connectivity index (χ2n) is 5.45. The Hall–Kier alpha value is -3.03. The van der Waals surface area contributed by atoms with Crippen molar-refractivity contribution >= 4 is 17.5 Å². The van der Waals surface area contributed by atoms with Crippen molar-refractivity contribution in [3.8, 4) is 5.75 Å². The molecule has 0 aliphatic rings. The van der Waals surface area contributed by atoms with Crippen molar-refractivity contribution in [3.05, 3.63) is 59.7 Å². The maximum atomic E-state index is 12.2. The Morgan fingerprint density at radius 1 is 1.08 bits per heavy atom. The van der Waals surface area contributed by atoms with Crippen LogP contribution in [0, 0.1) is 0 Å². The van der Waals surface area contributed by atoms with Crippen LogP contribution >= 0.6 is 0 Å². The first kappa shape index (κ1) is 19.3. The van der Waals surface area contributed by atoms with Gasteiger partial charge in [0.1, 0.15) is 12.3 Å². The van der Waals surface area contributed by atoms with Crippen LogP contribution in [0.4, 0.5) is 18.9 Å².